The van der Waals surface area contributed by atoms with Gasteiger partial charge in [-0.3, -0.25) is 10.1 Å². The average molecular weight is 366 g/mol. The SMILES string of the molecule is Cc1cc(C)n(-c2ccc(COC(=O)c3cc([N+](=O)[O-])ccc3N)cc2)n1. The minimum Gasteiger partial charge on any atom is -0.457 e. The molecule has 0 amide bonds. The van der Waals surface area contributed by atoms with Gasteiger partial charge in [0.25, 0.3) is 5.69 Å². The number of nitrogens with two attached hydrogens (primary N) is 1. The van der Waals surface area contributed by atoms with Crippen LogP contribution in [0.15, 0.2) is 48.5 Å². The van der Waals surface area contributed by atoms with Gasteiger partial charge >= 0.3 is 5.97 Å². The van der Waals surface area contributed by atoms with Crippen LogP contribution in [0.3, 0.4) is 0 Å². The molecule has 0 spiro atoms. The second-order valence-electron chi connectivity index (χ2n) is 6.11. The molecule has 1 aromatic heterocycles. The number of ether oxygens (including phenoxy) is 1. The fourth-order valence-corrected chi connectivity index (χ4v) is 2.68. The number of hydrogen-bond donors (Lipinski definition) is 1. The maximum absolute atomic E-state index is 12.2. The summed E-state index contributed by atoms with van der Waals surface area (Å²) in [7, 11) is 0. The third-order valence-electron chi connectivity index (χ3n) is 4.03. The van der Waals surface area contributed by atoms with Crippen molar-refractivity contribution in [2.45, 2.75) is 20.5 Å². The van der Waals surface area contributed by atoms with Gasteiger partial charge in [-0.05, 0) is 43.7 Å². The standard InChI is InChI=1S/C19H18N4O4/c1-12-9-13(2)22(21-12)15-5-3-14(4-6-15)11-27-19(24)17-10-16(23(25)26)7-8-18(17)20/h3-10H,11,20H2,1-2H3. The van der Waals surface area contributed by atoms with Gasteiger partial charge in [0.2, 0.25) is 0 Å². The molecule has 8 nitrogen and oxygen atoms in total. The van der Waals surface area contributed by atoms with E-state index in [2.05, 4.69) is 5.10 Å². The largest absolute Gasteiger partial charge is 0.457 e. The smallest absolute Gasteiger partial charge is 0.340 e. The molecule has 0 atom stereocenters. The lowest BCUT2D eigenvalue weighted by Gasteiger charge is -2.09. The molecule has 3 aromatic rings. The zero-order chi connectivity index (χ0) is 19.6. The topological polar surface area (TPSA) is 113 Å². The molecule has 0 unspecified atom stereocenters. The molecule has 0 radical (unpaired) electrons. The van der Waals surface area contributed by atoms with Crippen LogP contribution in [0.25, 0.3) is 5.69 Å². The van der Waals surface area contributed by atoms with Crippen molar-refractivity contribution < 1.29 is 14.5 Å². The summed E-state index contributed by atoms with van der Waals surface area (Å²) >= 11 is 0. The van der Waals surface area contributed by atoms with E-state index in [-0.39, 0.29) is 23.5 Å². The highest BCUT2D eigenvalue weighted by Crippen LogP contribution is 2.21. The van der Waals surface area contributed by atoms with Gasteiger partial charge < -0.3 is 10.5 Å². The Hall–Kier alpha value is -3.68. The first kappa shape index (κ1) is 18.1. The fraction of sp³-hybridized carbons (Fsp3) is 0.158. The van der Waals surface area contributed by atoms with Crippen molar-refractivity contribution in [1.29, 1.82) is 0 Å². The summed E-state index contributed by atoms with van der Waals surface area (Å²) in [6.45, 7) is 3.93. The van der Waals surface area contributed by atoms with Crippen molar-refractivity contribution >= 4 is 17.3 Å². The second kappa shape index (κ2) is 7.28. The van der Waals surface area contributed by atoms with Crippen LogP contribution in [0.1, 0.15) is 27.3 Å². The molecular weight excluding hydrogens is 348 g/mol. The van der Waals surface area contributed by atoms with E-state index in [1.54, 1.807) is 0 Å². The number of carbonyl (C=O) groups is 1. The van der Waals surface area contributed by atoms with Crippen molar-refractivity contribution in [3.63, 3.8) is 0 Å². The Labute approximate surface area is 155 Å². The van der Waals surface area contributed by atoms with Gasteiger partial charge in [0.1, 0.15) is 6.61 Å². The predicted molar refractivity (Wildman–Crippen MR) is 99.7 cm³/mol. The lowest BCUT2D eigenvalue weighted by Crippen LogP contribution is -2.09. The molecule has 3 rings (SSSR count). The van der Waals surface area contributed by atoms with Crippen molar-refractivity contribution in [2.75, 3.05) is 5.73 Å². The Morgan fingerprint density at radius 1 is 1.19 bits per heavy atom. The summed E-state index contributed by atoms with van der Waals surface area (Å²) in [6.07, 6.45) is 0. The lowest BCUT2D eigenvalue weighted by atomic mass is 10.1. The van der Waals surface area contributed by atoms with Crippen molar-refractivity contribution in [3.05, 3.63) is 81.2 Å². The normalized spacial score (nSPS) is 10.6. The molecule has 0 bridgehead atoms. The number of aromatic nitrogens is 2. The Balaban J connectivity index is 1.70. The summed E-state index contributed by atoms with van der Waals surface area (Å²) in [5.74, 6) is -0.709. The second-order valence-corrected chi connectivity index (χ2v) is 6.11. The van der Waals surface area contributed by atoms with E-state index in [0.717, 1.165) is 28.7 Å². The highest BCUT2D eigenvalue weighted by Gasteiger charge is 2.16. The number of anilines is 1. The molecule has 138 valence electrons. The number of nitrogen functional groups attached to an aromatic ring is 1. The molecular formula is C19H18N4O4. The van der Waals surface area contributed by atoms with E-state index in [1.807, 2.05) is 48.9 Å². The fourth-order valence-electron chi connectivity index (χ4n) is 2.68. The van der Waals surface area contributed by atoms with Crippen molar-refractivity contribution in [1.82, 2.24) is 9.78 Å². The van der Waals surface area contributed by atoms with E-state index in [1.165, 1.54) is 12.1 Å². The van der Waals surface area contributed by atoms with Crippen LogP contribution >= 0.6 is 0 Å². The molecule has 0 fully saturated rings. The Kier molecular flexibility index (Phi) is 4.89. The number of nitro benzene ring substituents is 1. The third-order valence-corrected chi connectivity index (χ3v) is 4.03. The van der Waals surface area contributed by atoms with Gasteiger partial charge in [-0.15, -0.1) is 0 Å². The molecule has 27 heavy (non-hydrogen) atoms. The average Bonchev–Trinajstić information content (AvgIpc) is 2.98. The Morgan fingerprint density at radius 3 is 2.48 bits per heavy atom. The highest BCUT2D eigenvalue weighted by atomic mass is 16.6. The summed E-state index contributed by atoms with van der Waals surface area (Å²) in [4.78, 5) is 22.5. The maximum atomic E-state index is 12.2. The zero-order valence-electron chi connectivity index (χ0n) is 14.9. The van der Waals surface area contributed by atoms with Gasteiger partial charge in [0, 0.05) is 23.5 Å². The highest BCUT2D eigenvalue weighted by molar-refractivity contribution is 5.95. The first-order valence-electron chi connectivity index (χ1n) is 8.19. The van der Waals surface area contributed by atoms with E-state index in [4.69, 9.17) is 10.5 Å². The van der Waals surface area contributed by atoms with E-state index in [9.17, 15) is 14.9 Å². The van der Waals surface area contributed by atoms with Crippen molar-refractivity contribution in [3.8, 4) is 5.69 Å². The molecule has 0 saturated heterocycles. The molecule has 1 heterocycles. The van der Waals surface area contributed by atoms with Crippen molar-refractivity contribution in [2.24, 2.45) is 0 Å². The van der Waals surface area contributed by atoms with Gasteiger partial charge in [-0.1, -0.05) is 12.1 Å². The predicted octanol–water partition coefficient (Wildman–Crippen LogP) is 3.34. The van der Waals surface area contributed by atoms with Crippen LogP contribution in [0.4, 0.5) is 11.4 Å². The van der Waals surface area contributed by atoms with E-state index in [0.29, 0.717) is 0 Å². The quantitative estimate of drug-likeness (QED) is 0.321. The molecule has 0 aliphatic heterocycles. The molecule has 0 aliphatic rings. The maximum Gasteiger partial charge on any atom is 0.340 e. The zero-order valence-corrected chi connectivity index (χ0v) is 14.9. The first-order chi connectivity index (χ1) is 12.8. The number of benzene rings is 2. The van der Waals surface area contributed by atoms with Crippen LogP contribution in [0.2, 0.25) is 0 Å². The van der Waals surface area contributed by atoms with Gasteiger partial charge in [-0.2, -0.15) is 5.10 Å². The van der Waals surface area contributed by atoms with Crippen LogP contribution in [0, 0.1) is 24.0 Å². The number of hydrogen-bond acceptors (Lipinski definition) is 6. The molecule has 0 aliphatic carbocycles. The number of nitro groups is 1. The first-order valence-corrected chi connectivity index (χ1v) is 8.19. The van der Waals surface area contributed by atoms with Crippen LogP contribution in [0.5, 0.6) is 0 Å². The summed E-state index contributed by atoms with van der Waals surface area (Å²) < 4.78 is 7.07. The number of rotatable bonds is 5. The Bertz CT molecular complexity index is 1010. The number of esters is 1. The molecule has 0 saturated carbocycles. The molecule has 8 heteroatoms. The molecule has 2 N–H and O–H groups in total. The Morgan fingerprint density at radius 2 is 1.89 bits per heavy atom. The van der Waals surface area contributed by atoms with E-state index >= 15 is 0 Å². The number of non-ortho nitro benzene ring substituents is 1. The van der Waals surface area contributed by atoms with Crippen LogP contribution in [-0.2, 0) is 11.3 Å². The number of nitrogens with zero attached hydrogens (tertiary/aromatic N) is 3. The van der Waals surface area contributed by atoms with Gasteiger partial charge in [-0.25, -0.2) is 9.48 Å². The summed E-state index contributed by atoms with van der Waals surface area (Å²) in [5, 5.41) is 15.3. The van der Waals surface area contributed by atoms with Crippen LogP contribution < -0.4 is 5.73 Å². The summed E-state index contributed by atoms with van der Waals surface area (Å²) in [5.41, 5.74) is 9.24. The monoisotopic (exact) mass is 366 g/mol. The minimum absolute atomic E-state index is 0.0246. The molecule has 2 aromatic carbocycles. The van der Waals surface area contributed by atoms with Gasteiger partial charge in [0.15, 0.2) is 0 Å². The van der Waals surface area contributed by atoms with Crippen LogP contribution in [-0.4, -0.2) is 20.7 Å². The minimum atomic E-state index is -0.709. The lowest BCUT2D eigenvalue weighted by molar-refractivity contribution is -0.384. The number of aryl methyl sites for hydroxylation is 2. The van der Waals surface area contributed by atoms with Gasteiger partial charge in [0.05, 0.1) is 21.9 Å². The van der Waals surface area contributed by atoms with E-state index < -0.39 is 10.9 Å². The summed E-state index contributed by atoms with van der Waals surface area (Å²) in [6, 6.07) is 13.1. The third kappa shape index (κ3) is 3.95. The number of carbonyl (C=O) groups excluding carboxylic acids is 1.